The molecule has 1 rings (SSSR count). The maximum Gasteiger partial charge on any atom is 0.306 e. The molecule has 0 radical (unpaired) electrons. The third-order valence-corrected chi connectivity index (χ3v) is 3.38. The molecular formula is C12H22N2O3. The van der Waals surface area contributed by atoms with E-state index < -0.39 is 5.97 Å². The van der Waals surface area contributed by atoms with Gasteiger partial charge in [-0.05, 0) is 45.1 Å². The summed E-state index contributed by atoms with van der Waals surface area (Å²) in [5.74, 6) is -0.905. The number of carboxylic acids is 1. The minimum Gasteiger partial charge on any atom is -0.481 e. The topological polar surface area (TPSA) is 92.4 Å². The van der Waals surface area contributed by atoms with E-state index in [1.807, 2.05) is 0 Å². The van der Waals surface area contributed by atoms with E-state index in [1.54, 1.807) is 0 Å². The Morgan fingerprint density at radius 3 is 2.24 bits per heavy atom. The van der Waals surface area contributed by atoms with Gasteiger partial charge in [-0.15, -0.1) is 0 Å². The molecule has 0 aromatic heterocycles. The zero-order chi connectivity index (χ0) is 12.7. The van der Waals surface area contributed by atoms with Gasteiger partial charge in [0, 0.05) is 12.5 Å². The van der Waals surface area contributed by atoms with E-state index in [-0.39, 0.29) is 17.7 Å². The van der Waals surface area contributed by atoms with Gasteiger partial charge in [-0.2, -0.15) is 0 Å². The average Bonchev–Trinajstić information content (AvgIpc) is 2.34. The van der Waals surface area contributed by atoms with E-state index in [1.165, 1.54) is 0 Å². The lowest BCUT2D eigenvalue weighted by Gasteiger charge is -2.25. The van der Waals surface area contributed by atoms with E-state index in [0.29, 0.717) is 38.8 Å². The van der Waals surface area contributed by atoms with Gasteiger partial charge in [-0.1, -0.05) is 0 Å². The summed E-state index contributed by atoms with van der Waals surface area (Å²) < 4.78 is 0. The molecule has 98 valence electrons. The minimum atomic E-state index is -0.730. The molecule has 0 atom stereocenters. The van der Waals surface area contributed by atoms with Gasteiger partial charge in [-0.3, -0.25) is 9.59 Å². The number of nitrogens with two attached hydrogens (primary N) is 1. The number of hydrogen-bond donors (Lipinski definition) is 3. The first-order chi connectivity index (χ1) is 8.15. The van der Waals surface area contributed by atoms with Crippen molar-refractivity contribution >= 4 is 11.9 Å². The second-order valence-corrected chi connectivity index (χ2v) is 4.67. The summed E-state index contributed by atoms with van der Waals surface area (Å²) in [5.41, 5.74) is 5.36. The van der Waals surface area contributed by atoms with E-state index in [9.17, 15) is 9.59 Å². The van der Waals surface area contributed by atoms with Gasteiger partial charge in [0.1, 0.15) is 0 Å². The summed E-state index contributed by atoms with van der Waals surface area (Å²) in [4.78, 5) is 22.5. The van der Waals surface area contributed by atoms with E-state index >= 15 is 0 Å². The molecule has 0 unspecified atom stereocenters. The highest BCUT2D eigenvalue weighted by Crippen LogP contribution is 2.28. The SMILES string of the molecule is NCCCCNC(=O)C1CCC(C(=O)O)CC1. The number of aliphatic carboxylic acids is 1. The van der Waals surface area contributed by atoms with Crippen molar-refractivity contribution in [1.82, 2.24) is 5.32 Å². The summed E-state index contributed by atoms with van der Waals surface area (Å²) in [6, 6.07) is 0. The van der Waals surface area contributed by atoms with Crippen LogP contribution in [0.25, 0.3) is 0 Å². The highest BCUT2D eigenvalue weighted by atomic mass is 16.4. The fraction of sp³-hybridized carbons (Fsp3) is 0.833. The van der Waals surface area contributed by atoms with Gasteiger partial charge in [0.05, 0.1) is 5.92 Å². The Balaban J connectivity index is 2.19. The molecule has 0 spiro atoms. The van der Waals surface area contributed by atoms with Crippen LogP contribution in [0.3, 0.4) is 0 Å². The first kappa shape index (κ1) is 14.0. The third kappa shape index (κ3) is 4.73. The van der Waals surface area contributed by atoms with Crippen molar-refractivity contribution in [3.05, 3.63) is 0 Å². The van der Waals surface area contributed by atoms with Crippen molar-refractivity contribution < 1.29 is 14.7 Å². The molecule has 0 aromatic carbocycles. The van der Waals surface area contributed by atoms with Crippen molar-refractivity contribution in [3.63, 3.8) is 0 Å². The van der Waals surface area contributed by atoms with E-state index in [4.69, 9.17) is 10.8 Å². The first-order valence-corrected chi connectivity index (χ1v) is 6.35. The monoisotopic (exact) mass is 242 g/mol. The summed E-state index contributed by atoms with van der Waals surface area (Å²) in [7, 11) is 0. The van der Waals surface area contributed by atoms with Gasteiger partial charge in [-0.25, -0.2) is 0 Å². The molecule has 17 heavy (non-hydrogen) atoms. The summed E-state index contributed by atoms with van der Waals surface area (Å²) in [5, 5.41) is 11.7. The van der Waals surface area contributed by atoms with Crippen LogP contribution in [-0.4, -0.2) is 30.1 Å². The summed E-state index contributed by atoms with van der Waals surface area (Å²) >= 11 is 0. The van der Waals surface area contributed by atoms with Crippen LogP contribution in [0.4, 0.5) is 0 Å². The molecule has 0 heterocycles. The van der Waals surface area contributed by atoms with Crippen LogP contribution >= 0.6 is 0 Å². The molecular weight excluding hydrogens is 220 g/mol. The van der Waals surface area contributed by atoms with Gasteiger partial charge in [0.25, 0.3) is 0 Å². The van der Waals surface area contributed by atoms with E-state index in [2.05, 4.69) is 5.32 Å². The maximum absolute atomic E-state index is 11.7. The van der Waals surface area contributed by atoms with Crippen molar-refractivity contribution in [2.24, 2.45) is 17.6 Å². The Bertz CT molecular complexity index is 260. The predicted octanol–water partition coefficient (Wildman–Crippen LogP) is 0.732. The van der Waals surface area contributed by atoms with Crippen LogP contribution in [0.1, 0.15) is 38.5 Å². The molecule has 5 nitrogen and oxygen atoms in total. The van der Waals surface area contributed by atoms with Crippen molar-refractivity contribution in [1.29, 1.82) is 0 Å². The fourth-order valence-corrected chi connectivity index (χ4v) is 2.23. The molecule has 1 amide bonds. The number of carbonyl (C=O) groups is 2. The lowest BCUT2D eigenvalue weighted by molar-refractivity contribution is -0.144. The number of rotatable bonds is 6. The predicted molar refractivity (Wildman–Crippen MR) is 64.4 cm³/mol. The molecule has 4 N–H and O–H groups in total. The van der Waals surface area contributed by atoms with Crippen molar-refractivity contribution in [3.8, 4) is 0 Å². The smallest absolute Gasteiger partial charge is 0.306 e. The second kappa shape index (κ2) is 7.27. The van der Waals surface area contributed by atoms with Crippen molar-refractivity contribution in [2.45, 2.75) is 38.5 Å². The Morgan fingerprint density at radius 2 is 1.71 bits per heavy atom. The largest absolute Gasteiger partial charge is 0.481 e. The first-order valence-electron chi connectivity index (χ1n) is 6.35. The minimum absolute atomic E-state index is 0.00322. The van der Waals surface area contributed by atoms with Gasteiger partial charge < -0.3 is 16.2 Å². The Morgan fingerprint density at radius 1 is 1.12 bits per heavy atom. The highest BCUT2D eigenvalue weighted by molar-refractivity contribution is 5.79. The number of carboxylic acid groups (broad SMARTS) is 1. The molecule has 5 heteroatoms. The van der Waals surface area contributed by atoms with Crippen molar-refractivity contribution in [2.75, 3.05) is 13.1 Å². The number of nitrogens with one attached hydrogen (secondary N) is 1. The number of amides is 1. The molecule has 1 fully saturated rings. The van der Waals surface area contributed by atoms with Crippen LogP contribution in [0.15, 0.2) is 0 Å². The number of carbonyl (C=O) groups excluding carboxylic acids is 1. The Hall–Kier alpha value is -1.10. The lowest BCUT2D eigenvalue weighted by Crippen LogP contribution is -2.35. The van der Waals surface area contributed by atoms with Crippen LogP contribution in [0.5, 0.6) is 0 Å². The third-order valence-electron chi connectivity index (χ3n) is 3.38. The zero-order valence-corrected chi connectivity index (χ0v) is 10.2. The average molecular weight is 242 g/mol. The zero-order valence-electron chi connectivity index (χ0n) is 10.2. The fourth-order valence-electron chi connectivity index (χ4n) is 2.23. The van der Waals surface area contributed by atoms with Crippen LogP contribution in [0, 0.1) is 11.8 Å². The quantitative estimate of drug-likeness (QED) is 0.599. The summed E-state index contributed by atoms with van der Waals surface area (Å²) in [6.07, 6.45) is 4.46. The molecule has 1 aliphatic rings. The van der Waals surface area contributed by atoms with Gasteiger partial charge in [0.2, 0.25) is 5.91 Å². The molecule has 0 aliphatic heterocycles. The molecule has 0 bridgehead atoms. The highest BCUT2D eigenvalue weighted by Gasteiger charge is 2.29. The molecule has 0 aromatic rings. The normalized spacial score (nSPS) is 24.3. The summed E-state index contributed by atoms with van der Waals surface area (Å²) in [6.45, 7) is 1.33. The van der Waals surface area contributed by atoms with Crippen LogP contribution in [0.2, 0.25) is 0 Å². The van der Waals surface area contributed by atoms with E-state index in [0.717, 1.165) is 12.8 Å². The molecule has 0 saturated heterocycles. The van der Waals surface area contributed by atoms with Crippen LogP contribution in [-0.2, 0) is 9.59 Å². The number of unbranched alkanes of at least 4 members (excludes halogenated alkanes) is 1. The van der Waals surface area contributed by atoms with Gasteiger partial charge in [0.15, 0.2) is 0 Å². The molecule has 1 saturated carbocycles. The number of hydrogen-bond acceptors (Lipinski definition) is 3. The maximum atomic E-state index is 11.7. The van der Waals surface area contributed by atoms with Gasteiger partial charge >= 0.3 is 5.97 Å². The van der Waals surface area contributed by atoms with Crippen LogP contribution < -0.4 is 11.1 Å². The molecule has 1 aliphatic carbocycles. The second-order valence-electron chi connectivity index (χ2n) is 4.67. The lowest BCUT2D eigenvalue weighted by atomic mass is 9.81. The Kier molecular flexibility index (Phi) is 5.97. The standard InChI is InChI=1S/C12H22N2O3/c13-7-1-2-8-14-11(15)9-3-5-10(6-4-9)12(16)17/h9-10H,1-8,13H2,(H,14,15)(H,16,17). The Labute approximate surface area is 102 Å².